The van der Waals surface area contributed by atoms with E-state index in [0.717, 1.165) is 0 Å². The van der Waals surface area contributed by atoms with E-state index in [1.807, 2.05) is 0 Å². The molecule has 0 aromatic carbocycles. The first-order chi connectivity index (χ1) is 10.2. The predicted molar refractivity (Wildman–Crippen MR) is 70.6 cm³/mol. The molecule has 10 heteroatoms. The maximum Gasteiger partial charge on any atom is 0.307 e. The lowest BCUT2D eigenvalue weighted by atomic mass is 10.0. The molecule has 0 radical (unpaired) electrons. The first kappa shape index (κ1) is 19.5. The number of rotatable bonds is 12. The standard InChI is InChI=1S/C12H18N2O8/c15-9(16)5-7(11(19)20)1-3-13-14-4-2-8(12(21)22)6-10(17)18/h7-8H,1-6H2,(H,15,16)(H,17,18)(H,19,20)(H,21,22). The van der Waals surface area contributed by atoms with Crippen LogP contribution in [0.5, 0.6) is 0 Å². The number of hydrogen-bond donors (Lipinski definition) is 4. The van der Waals surface area contributed by atoms with Crippen molar-refractivity contribution < 1.29 is 39.6 Å². The largest absolute Gasteiger partial charge is 0.481 e. The molecular formula is C12H18N2O8. The molecule has 0 bridgehead atoms. The highest BCUT2D eigenvalue weighted by molar-refractivity contribution is 5.78. The molecule has 0 aliphatic heterocycles. The van der Waals surface area contributed by atoms with Gasteiger partial charge in [0.15, 0.2) is 0 Å². The SMILES string of the molecule is O=C(O)CC(CCN=NCCC(CC(=O)O)C(=O)O)C(=O)O. The average molecular weight is 318 g/mol. The summed E-state index contributed by atoms with van der Waals surface area (Å²) in [5, 5.41) is 41.9. The predicted octanol–water partition coefficient (Wildman–Crippen LogP) is 0.570. The van der Waals surface area contributed by atoms with Crippen LogP contribution in [0.3, 0.4) is 0 Å². The van der Waals surface area contributed by atoms with E-state index in [0.29, 0.717) is 0 Å². The monoisotopic (exact) mass is 318 g/mol. The summed E-state index contributed by atoms with van der Waals surface area (Å²) < 4.78 is 0. The van der Waals surface area contributed by atoms with Crippen LogP contribution < -0.4 is 0 Å². The van der Waals surface area contributed by atoms with Crippen LogP contribution in [0.2, 0.25) is 0 Å². The number of azo groups is 1. The summed E-state index contributed by atoms with van der Waals surface area (Å²) in [6.45, 7) is 0.00182. The molecular weight excluding hydrogens is 300 g/mol. The Labute approximate surface area is 125 Å². The molecule has 0 fully saturated rings. The van der Waals surface area contributed by atoms with Crippen molar-refractivity contribution in [3.05, 3.63) is 0 Å². The molecule has 2 unspecified atom stereocenters. The average Bonchev–Trinajstić information content (AvgIpc) is 2.38. The molecule has 10 nitrogen and oxygen atoms in total. The van der Waals surface area contributed by atoms with Crippen LogP contribution in [0.25, 0.3) is 0 Å². The van der Waals surface area contributed by atoms with Crippen LogP contribution in [0.15, 0.2) is 10.2 Å². The summed E-state index contributed by atoms with van der Waals surface area (Å²) in [5.41, 5.74) is 0. The van der Waals surface area contributed by atoms with E-state index in [-0.39, 0.29) is 25.9 Å². The van der Waals surface area contributed by atoms with Gasteiger partial charge in [-0.15, -0.1) is 0 Å². The van der Waals surface area contributed by atoms with Gasteiger partial charge in [0.05, 0.1) is 37.8 Å². The topological polar surface area (TPSA) is 174 Å². The Morgan fingerprint density at radius 2 is 1.00 bits per heavy atom. The molecule has 0 saturated carbocycles. The Kier molecular flexibility index (Phi) is 9.07. The van der Waals surface area contributed by atoms with Gasteiger partial charge in [-0.25, -0.2) is 0 Å². The zero-order valence-electron chi connectivity index (χ0n) is 11.7. The molecule has 0 rings (SSSR count). The van der Waals surface area contributed by atoms with Crippen molar-refractivity contribution in [2.75, 3.05) is 13.1 Å². The van der Waals surface area contributed by atoms with Crippen molar-refractivity contribution >= 4 is 23.9 Å². The lowest BCUT2D eigenvalue weighted by molar-refractivity contribution is -0.148. The molecule has 4 N–H and O–H groups in total. The molecule has 0 amide bonds. The normalized spacial score (nSPS) is 13.6. The Morgan fingerprint density at radius 3 is 1.23 bits per heavy atom. The number of nitrogens with zero attached hydrogens (tertiary/aromatic N) is 2. The summed E-state index contributed by atoms with van der Waals surface area (Å²) in [6.07, 6.45) is -1.01. The summed E-state index contributed by atoms with van der Waals surface area (Å²) in [5.74, 6) is -7.02. The third-order valence-electron chi connectivity index (χ3n) is 2.80. The molecule has 0 aromatic heterocycles. The summed E-state index contributed by atoms with van der Waals surface area (Å²) in [4.78, 5) is 42.4. The minimum Gasteiger partial charge on any atom is -0.481 e. The highest BCUT2D eigenvalue weighted by Gasteiger charge is 2.21. The molecule has 22 heavy (non-hydrogen) atoms. The van der Waals surface area contributed by atoms with Gasteiger partial charge < -0.3 is 20.4 Å². The van der Waals surface area contributed by atoms with Crippen molar-refractivity contribution in [3.63, 3.8) is 0 Å². The summed E-state index contributed by atoms with van der Waals surface area (Å²) in [6, 6.07) is 0. The fraction of sp³-hybridized carbons (Fsp3) is 0.667. The maximum atomic E-state index is 10.8. The lowest BCUT2D eigenvalue weighted by Gasteiger charge is -2.07. The summed E-state index contributed by atoms with van der Waals surface area (Å²) in [7, 11) is 0. The van der Waals surface area contributed by atoms with E-state index in [1.165, 1.54) is 0 Å². The van der Waals surface area contributed by atoms with Gasteiger partial charge >= 0.3 is 23.9 Å². The quantitative estimate of drug-likeness (QED) is 0.378. The first-order valence-electron chi connectivity index (χ1n) is 6.46. The van der Waals surface area contributed by atoms with Crippen molar-refractivity contribution in [1.29, 1.82) is 0 Å². The molecule has 0 aliphatic carbocycles. The molecule has 0 heterocycles. The van der Waals surface area contributed by atoms with Gasteiger partial charge in [0.2, 0.25) is 0 Å². The van der Waals surface area contributed by atoms with Crippen LogP contribution in [-0.2, 0) is 19.2 Å². The third kappa shape index (κ3) is 9.39. The van der Waals surface area contributed by atoms with E-state index in [4.69, 9.17) is 20.4 Å². The van der Waals surface area contributed by atoms with Crippen molar-refractivity contribution in [2.45, 2.75) is 25.7 Å². The number of carboxylic acid groups (broad SMARTS) is 4. The van der Waals surface area contributed by atoms with E-state index >= 15 is 0 Å². The van der Waals surface area contributed by atoms with E-state index in [1.54, 1.807) is 0 Å². The molecule has 0 saturated heterocycles. The fourth-order valence-electron chi connectivity index (χ4n) is 1.62. The van der Waals surface area contributed by atoms with Crippen LogP contribution in [0, 0.1) is 11.8 Å². The van der Waals surface area contributed by atoms with E-state index in [2.05, 4.69) is 10.2 Å². The Morgan fingerprint density at radius 1 is 0.682 bits per heavy atom. The van der Waals surface area contributed by atoms with Gasteiger partial charge in [-0.2, -0.15) is 10.2 Å². The molecule has 0 spiro atoms. The highest BCUT2D eigenvalue weighted by Crippen LogP contribution is 2.11. The molecule has 2 atom stereocenters. The lowest BCUT2D eigenvalue weighted by Crippen LogP contribution is -2.19. The van der Waals surface area contributed by atoms with Gasteiger partial charge in [-0.05, 0) is 12.8 Å². The summed E-state index contributed by atoms with van der Waals surface area (Å²) >= 11 is 0. The van der Waals surface area contributed by atoms with E-state index < -0.39 is 48.6 Å². The van der Waals surface area contributed by atoms with Crippen molar-refractivity contribution in [1.82, 2.24) is 0 Å². The van der Waals surface area contributed by atoms with Crippen LogP contribution >= 0.6 is 0 Å². The van der Waals surface area contributed by atoms with Crippen LogP contribution in [0.1, 0.15) is 25.7 Å². The molecule has 0 aliphatic rings. The Bertz CT molecular complexity index is 408. The fourth-order valence-corrected chi connectivity index (χ4v) is 1.62. The molecule has 124 valence electrons. The second-order valence-corrected chi connectivity index (χ2v) is 4.57. The minimum atomic E-state index is -1.23. The maximum absolute atomic E-state index is 10.8. The molecule has 0 aromatic rings. The second-order valence-electron chi connectivity index (χ2n) is 4.57. The van der Waals surface area contributed by atoms with Gasteiger partial charge in [0.1, 0.15) is 0 Å². The number of carbonyl (C=O) groups is 4. The van der Waals surface area contributed by atoms with Crippen molar-refractivity contribution in [2.24, 2.45) is 22.1 Å². The van der Waals surface area contributed by atoms with Gasteiger partial charge in [0.25, 0.3) is 0 Å². The second kappa shape index (κ2) is 10.2. The van der Waals surface area contributed by atoms with Gasteiger partial charge in [-0.1, -0.05) is 0 Å². The highest BCUT2D eigenvalue weighted by atomic mass is 16.4. The smallest absolute Gasteiger partial charge is 0.307 e. The first-order valence-corrected chi connectivity index (χ1v) is 6.46. The number of carboxylic acids is 4. The van der Waals surface area contributed by atoms with Crippen molar-refractivity contribution in [3.8, 4) is 0 Å². The van der Waals surface area contributed by atoms with E-state index in [9.17, 15) is 19.2 Å². The minimum absolute atomic E-state index is 0.000908. The van der Waals surface area contributed by atoms with Crippen LogP contribution in [0.4, 0.5) is 0 Å². The zero-order chi connectivity index (χ0) is 17.1. The number of aliphatic carboxylic acids is 4. The van der Waals surface area contributed by atoms with Gasteiger partial charge in [-0.3, -0.25) is 19.2 Å². The third-order valence-corrected chi connectivity index (χ3v) is 2.80. The Balaban J connectivity index is 4.12. The van der Waals surface area contributed by atoms with Gasteiger partial charge in [0, 0.05) is 0 Å². The zero-order valence-corrected chi connectivity index (χ0v) is 11.7. The Hall–Kier alpha value is -2.52. The van der Waals surface area contributed by atoms with Crippen LogP contribution in [-0.4, -0.2) is 57.4 Å². The number of hydrogen-bond acceptors (Lipinski definition) is 6.